The third-order valence-corrected chi connectivity index (χ3v) is 4.63. The first kappa shape index (κ1) is 19.4. The summed E-state index contributed by atoms with van der Waals surface area (Å²) in [5, 5.41) is 9.91. The first-order chi connectivity index (χ1) is 13.6. The first-order valence-electron chi connectivity index (χ1n) is 9.34. The van der Waals surface area contributed by atoms with Gasteiger partial charge in [0.1, 0.15) is 6.04 Å². The molecule has 0 aliphatic heterocycles. The molecule has 0 saturated carbocycles. The fourth-order valence-corrected chi connectivity index (χ4v) is 3.04. The zero-order valence-corrected chi connectivity index (χ0v) is 16.0. The van der Waals surface area contributed by atoms with Crippen LogP contribution in [0.5, 0.6) is 0 Å². The maximum absolute atomic E-state index is 12.7. The lowest BCUT2D eigenvalue weighted by Gasteiger charge is -2.16. The number of nitrogens with one attached hydrogen (secondary N) is 2. The van der Waals surface area contributed by atoms with Crippen molar-refractivity contribution in [3.63, 3.8) is 0 Å². The number of benzene rings is 2. The zero-order valence-electron chi connectivity index (χ0n) is 16.0. The molecule has 144 valence electrons. The smallest absolute Gasteiger partial charge is 0.248 e. The summed E-state index contributed by atoms with van der Waals surface area (Å²) in [6.07, 6.45) is 4.08. The number of anilines is 2. The minimum atomic E-state index is -0.434. The third kappa shape index (κ3) is 4.65. The van der Waals surface area contributed by atoms with Gasteiger partial charge in [0.2, 0.25) is 11.8 Å². The number of hydrogen-bond donors (Lipinski definition) is 2. The second kappa shape index (κ2) is 8.99. The van der Waals surface area contributed by atoms with Crippen molar-refractivity contribution in [2.75, 3.05) is 10.6 Å². The van der Waals surface area contributed by atoms with E-state index in [0.29, 0.717) is 17.8 Å². The van der Waals surface area contributed by atoms with E-state index in [1.807, 2.05) is 43.3 Å². The molecular weight excluding hydrogens is 352 g/mol. The fourth-order valence-electron chi connectivity index (χ4n) is 3.04. The van der Waals surface area contributed by atoms with Gasteiger partial charge >= 0.3 is 0 Å². The van der Waals surface area contributed by atoms with Crippen LogP contribution in [0, 0.1) is 0 Å². The summed E-state index contributed by atoms with van der Waals surface area (Å²) in [4.78, 5) is 25.2. The van der Waals surface area contributed by atoms with Gasteiger partial charge in [0, 0.05) is 23.8 Å². The highest BCUT2D eigenvalue weighted by atomic mass is 16.2. The highest BCUT2D eigenvalue weighted by molar-refractivity contribution is 5.97. The predicted octanol–water partition coefficient (Wildman–Crippen LogP) is 4.22. The highest BCUT2D eigenvalue weighted by Gasteiger charge is 2.19. The van der Waals surface area contributed by atoms with E-state index in [1.165, 1.54) is 0 Å². The molecule has 0 spiro atoms. The number of aromatic nitrogens is 2. The molecule has 2 N–H and O–H groups in total. The number of amides is 2. The van der Waals surface area contributed by atoms with Gasteiger partial charge in [0.25, 0.3) is 0 Å². The van der Waals surface area contributed by atoms with Crippen LogP contribution in [0.15, 0.2) is 73.1 Å². The number of carbonyl (C=O) groups excluding carboxylic acids is 2. The Balaban J connectivity index is 1.67. The fraction of sp³-hybridized carbons (Fsp3) is 0.227. The Labute approximate surface area is 164 Å². The number of carbonyl (C=O) groups is 2. The Morgan fingerprint density at radius 1 is 0.964 bits per heavy atom. The van der Waals surface area contributed by atoms with Crippen molar-refractivity contribution in [2.45, 2.75) is 32.2 Å². The van der Waals surface area contributed by atoms with E-state index in [1.54, 1.807) is 48.3 Å². The van der Waals surface area contributed by atoms with Gasteiger partial charge in [0.15, 0.2) is 0 Å². The monoisotopic (exact) mass is 376 g/mol. The standard InChI is InChI=1S/C22H24N4O2/c1-3-20(17-9-5-4-6-10-17)22(28)25-19-12-7-11-18(15-19)24-21(27)16(2)26-14-8-13-23-26/h4-16,20H,3H2,1-2H3,(H,24,27)(H,25,28). The molecule has 6 heteroatoms. The van der Waals surface area contributed by atoms with Crippen molar-refractivity contribution in [3.05, 3.63) is 78.6 Å². The molecule has 2 amide bonds. The maximum Gasteiger partial charge on any atom is 0.248 e. The molecule has 0 saturated heterocycles. The Morgan fingerprint density at radius 2 is 1.64 bits per heavy atom. The normalized spacial score (nSPS) is 12.8. The van der Waals surface area contributed by atoms with Crippen molar-refractivity contribution >= 4 is 23.2 Å². The van der Waals surface area contributed by atoms with Gasteiger partial charge in [-0.3, -0.25) is 14.3 Å². The highest BCUT2D eigenvalue weighted by Crippen LogP contribution is 2.23. The second-order valence-corrected chi connectivity index (χ2v) is 6.59. The van der Waals surface area contributed by atoms with Crippen molar-refractivity contribution in [2.24, 2.45) is 0 Å². The Kier molecular flexibility index (Phi) is 6.22. The summed E-state index contributed by atoms with van der Waals surface area (Å²) in [6.45, 7) is 3.77. The van der Waals surface area contributed by atoms with Crippen molar-refractivity contribution in [1.29, 1.82) is 0 Å². The molecule has 0 aliphatic rings. The summed E-state index contributed by atoms with van der Waals surface area (Å²) in [6, 6.07) is 18.2. The van der Waals surface area contributed by atoms with Crippen molar-refractivity contribution in [3.8, 4) is 0 Å². The van der Waals surface area contributed by atoms with Crippen molar-refractivity contribution in [1.82, 2.24) is 9.78 Å². The van der Waals surface area contributed by atoms with E-state index < -0.39 is 6.04 Å². The van der Waals surface area contributed by atoms with E-state index in [-0.39, 0.29) is 17.7 Å². The van der Waals surface area contributed by atoms with Gasteiger partial charge < -0.3 is 10.6 Å². The zero-order chi connectivity index (χ0) is 19.9. The van der Waals surface area contributed by atoms with Gasteiger partial charge in [-0.25, -0.2) is 0 Å². The summed E-state index contributed by atoms with van der Waals surface area (Å²) >= 11 is 0. The van der Waals surface area contributed by atoms with Gasteiger partial charge in [0.05, 0.1) is 5.92 Å². The van der Waals surface area contributed by atoms with Crippen LogP contribution in [0.4, 0.5) is 11.4 Å². The minimum absolute atomic E-state index is 0.0675. The molecule has 0 bridgehead atoms. The molecule has 2 atom stereocenters. The van der Waals surface area contributed by atoms with Gasteiger partial charge in [-0.15, -0.1) is 0 Å². The van der Waals surface area contributed by atoms with E-state index >= 15 is 0 Å². The number of nitrogens with zero attached hydrogens (tertiary/aromatic N) is 2. The van der Waals surface area contributed by atoms with Gasteiger partial charge in [-0.05, 0) is 43.2 Å². The van der Waals surface area contributed by atoms with Crippen molar-refractivity contribution < 1.29 is 9.59 Å². The maximum atomic E-state index is 12.7. The van der Waals surface area contributed by atoms with E-state index in [9.17, 15) is 9.59 Å². The van der Waals surface area contributed by atoms with Crippen LogP contribution >= 0.6 is 0 Å². The lowest BCUT2D eigenvalue weighted by atomic mass is 9.95. The van der Waals surface area contributed by atoms with Gasteiger partial charge in [-0.1, -0.05) is 43.3 Å². The SMILES string of the molecule is CCC(C(=O)Nc1cccc(NC(=O)C(C)n2cccn2)c1)c1ccccc1. The topological polar surface area (TPSA) is 76.0 Å². The largest absolute Gasteiger partial charge is 0.325 e. The molecule has 3 rings (SSSR count). The molecule has 2 aromatic carbocycles. The molecule has 2 unspecified atom stereocenters. The molecular formula is C22H24N4O2. The van der Waals surface area contributed by atoms with Crippen LogP contribution in [0.25, 0.3) is 0 Å². The molecule has 3 aromatic rings. The van der Waals surface area contributed by atoms with E-state index in [4.69, 9.17) is 0 Å². The Bertz CT molecular complexity index is 923. The minimum Gasteiger partial charge on any atom is -0.325 e. The van der Waals surface area contributed by atoms with Crippen LogP contribution in [0.3, 0.4) is 0 Å². The van der Waals surface area contributed by atoms with Crippen LogP contribution in [0.1, 0.15) is 37.8 Å². The first-order valence-corrected chi connectivity index (χ1v) is 9.34. The van der Waals surface area contributed by atoms with Crippen LogP contribution in [0.2, 0.25) is 0 Å². The number of hydrogen-bond acceptors (Lipinski definition) is 3. The summed E-state index contributed by atoms with van der Waals surface area (Å²) < 4.78 is 1.59. The van der Waals surface area contributed by atoms with Gasteiger partial charge in [-0.2, -0.15) is 5.10 Å². The molecule has 0 fully saturated rings. The molecule has 0 radical (unpaired) electrons. The summed E-state index contributed by atoms with van der Waals surface area (Å²) in [7, 11) is 0. The van der Waals surface area contributed by atoms with E-state index in [0.717, 1.165) is 5.56 Å². The average Bonchev–Trinajstić information content (AvgIpc) is 3.24. The molecule has 0 aliphatic carbocycles. The van der Waals surface area contributed by atoms with Crippen LogP contribution in [-0.4, -0.2) is 21.6 Å². The summed E-state index contributed by atoms with van der Waals surface area (Å²) in [5.41, 5.74) is 2.25. The molecule has 28 heavy (non-hydrogen) atoms. The molecule has 1 heterocycles. The van der Waals surface area contributed by atoms with Crippen LogP contribution in [-0.2, 0) is 9.59 Å². The average molecular weight is 376 g/mol. The predicted molar refractivity (Wildman–Crippen MR) is 110 cm³/mol. The Hall–Kier alpha value is -3.41. The molecule has 6 nitrogen and oxygen atoms in total. The lowest BCUT2D eigenvalue weighted by molar-refractivity contribution is -0.119. The third-order valence-electron chi connectivity index (χ3n) is 4.63. The number of rotatable bonds is 7. The van der Waals surface area contributed by atoms with Crippen LogP contribution < -0.4 is 10.6 Å². The molecule has 1 aromatic heterocycles. The second-order valence-electron chi connectivity index (χ2n) is 6.59. The summed E-state index contributed by atoms with van der Waals surface area (Å²) in [5.74, 6) is -0.468. The Morgan fingerprint density at radius 3 is 2.25 bits per heavy atom. The lowest BCUT2D eigenvalue weighted by Crippen LogP contribution is -2.24. The quantitative estimate of drug-likeness (QED) is 0.648. The van der Waals surface area contributed by atoms with E-state index in [2.05, 4.69) is 15.7 Å².